The van der Waals surface area contributed by atoms with Gasteiger partial charge in [-0.25, -0.2) is 4.68 Å². The summed E-state index contributed by atoms with van der Waals surface area (Å²) in [5, 5.41) is 9.99. The van der Waals surface area contributed by atoms with Gasteiger partial charge in [0.25, 0.3) is 0 Å². The molecule has 1 atom stereocenters. The third-order valence-electron chi connectivity index (χ3n) is 5.38. The highest BCUT2D eigenvalue weighted by molar-refractivity contribution is 6.34. The SMILES string of the molecule is CN1CCCCC1c1nn(-c2cc(Cl)ccc2Cl)c2c1CCCCN2. The van der Waals surface area contributed by atoms with E-state index >= 15 is 0 Å². The first kappa shape index (κ1) is 17.2. The van der Waals surface area contributed by atoms with E-state index in [9.17, 15) is 0 Å². The Morgan fingerprint density at radius 3 is 2.88 bits per heavy atom. The van der Waals surface area contributed by atoms with Crippen molar-refractivity contribution in [1.82, 2.24) is 14.7 Å². The Kier molecular flexibility index (Phi) is 4.94. The van der Waals surface area contributed by atoms with Crippen molar-refractivity contribution in [1.29, 1.82) is 0 Å². The fourth-order valence-corrected chi connectivity index (χ4v) is 4.40. The molecule has 2 aliphatic heterocycles. The topological polar surface area (TPSA) is 33.1 Å². The van der Waals surface area contributed by atoms with Gasteiger partial charge in [-0.05, 0) is 63.9 Å². The van der Waals surface area contributed by atoms with Crippen LogP contribution in [0.1, 0.15) is 49.4 Å². The van der Waals surface area contributed by atoms with Gasteiger partial charge < -0.3 is 5.32 Å². The van der Waals surface area contributed by atoms with Crippen LogP contribution in [0.5, 0.6) is 0 Å². The summed E-state index contributed by atoms with van der Waals surface area (Å²) < 4.78 is 1.98. The molecule has 1 unspecified atom stereocenters. The average molecular weight is 379 g/mol. The Morgan fingerprint density at radius 1 is 1.16 bits per heavy atom. The third kappa shape index (κ3) is 3.27. The Morgan fingerprint density at radius 2 is 2.04 bits per heavy atom. The van der Waals surface area contributed by atoms with Crippen LogP contribution in [0.4, 0.5) is 5.82 Å². The molecule has 1 aromatic heterocycles. The summed E-state index contributed by atoms with van der Waals surface area (Å²) in [6, 6.07) is 5.95. The van der Waals surface area contributed by atoms with Gasteiger partial charge in [-0.3, -0.25) is 4.90 Å². The molecule has 0 bridgehead atoms. The molecule has 4 rings (SSSR count). The van der Waals surface area contributed by atoms with Crippen LogP contribution in [0.2, 0.25) is 10.0 Å². The van der Waals surface area contributed by atoms with Crippen molar-refractivity contribution in [2.45, 2.75) is 44.6 Å². The third-order valence-corrected chi connectivity index (χ3v) is 5.94. The lowest BCUT2D eigenvalue weighted by Crippen LogP contribution is -2.30. The van der Waals surface area contributed by atoms with E-state index in [2.05, 4.69) is 17.3 Å². The molecular formula is C19H24Cl2N4. The fraction of sp³-hybridized carbons (Fsp3) is 0.526. The minimum Gasteiger partial charge on any atom is -0.370 e. The summed E-state index contributed by atoms with van der Waals surface area (Å²) in [6.45, 7) is 2.11. The second-order valence-corrected chi connectivity index (χ2v) is 7.94. The minimum absolute atomic E-state index is 0.390. The Balaban J connectivity index is 1.86. The number of anilines is 1. The molecule has 0 aliphatic carbocycles. The summed E-state index contributed by atoms with van der Waals surface area (Å²) in [6.07, 6.45) is 7.15. The highest BCUT2D eigenvalue weighted by atomic mass is 35.5. The first-order valence-corrected chi connectivity index (χ1v) is 9.92. The van der Waals surface area contributed by atoms with E-state index in [1.807, 2.05) is 22.9 Å². The van der Waals surface area contributed by atoms with Gasteiger partial charge in [0.15, 0.2) is 0 Å². The summed E-state index contributed by atoms with van der Waals surface area (Å²) in [7, 11) is 2.21. The quantitative estimate of drug-likeness (QED) is 0.790. The van der Waals surface area contributed by atoms with Crippen LogP contribution in [-0.2, 0) is 6.42 Å². The fourth-order valence-electron chi connectivity index (χ4n) is 4.04. The van der Waals surface area contributed by atoms with E-state index in [0.29, 0.717) is 16.1 Å². The molecule has 134 valence electrons. The van der Waals surface area contributed by atoms with Crippen molar-refractivity contribution >= 4 is 29.0 Å². The summed E-state index contributed by atoms with van der Waals surface area (Å²) in [5.74, 6) is 1.09. The Labute approximate surface area is 159 Å². The first-order chi connectivity index (χ1) is 12.1. The normalized spacial score (nSPS) is 21.5. The van der Waals surface area contributed by atoms with Crippen molar-refractivity contribution in [3.63, 3.8) is 0 Å². The molecule has 3 heterocycles. The number of rotatable bonds is 2. The number of nitrogens with zero attached hydrogens (tertiary/aromatic N) is 3. The van der Waals surface area contributed by atoms with Crippen LogP contribution in [0, 0.1) is 0 Å². The lowest BCUT2D eigenvalue weighted by Gasteiger charge is -2.31. The molecule has 2 aliphatic rings. The largest absolute Gasteiger partial charge is 0.370 e. The number of fused-ring (bicyclic) bond motifs is 1. The summed E-state index contributed by atoms with van der Waals surface area (Å²) in [4.78, 5) is 2.45. The molecule has 1 saturated heterocycles. The number of halogens is 2. The Hall–Kier alpha value is -1.23. The average Bonchev–Trinajstić information content (AvgIpc) is 2.79. The number of hydrogen-bond acceptors (Lipinski definition) is 3. The van der Waals surface area contributed by atoms with Crippen molar-refractivity contribution < 1.29 is 0 Å². The zero-order valence-corrected chi connectivity index (χ0v) is 16.1. The smallest absolute Gasteiger partial charge is 0.133 e. The molecule has 1 N–H and O–H groups in total. The van der Waals surface area contributed by atoms with Crippen LogP contribution in [0.3, 0.4) is 0 Å². The number of hydrogen-bond donors (Lipinski definition) is 1. The van der Waals surface area contributed by atoms with Crippen molar-refractivity contribution in [3.8, 4) is 5.69 Å². The molecule has 1 aromatic carbocycles. The van der Waals surface area contributed by atoms with Gasteiger partial charge >= 0.3 is 0 Å². The molecule has 0 amide bonds. The van der Waals surface area contributed by atoms with Crippen LogP contribution < -0.4 is 5.32 Å². The second kappa shape index (κ2) is 7.18. The van der Waals surface area contributed by atoms with E-state index in [-0.39, 0.29) is 0 Å². The minimum atomic E-state index is 0.390. The van der Waals surface area contributed by atoms with Crippen LogP contribution in [0.15, 0.2) is 18.2 Å². The van der Waals surface area contributed by atoms with E-state index in [1.165, 1.54) is 43.4 Å². The maximum absolute atomic E-state index is 6.48. The van der Waals surface area contributed by atoms with Gasteiger partial charge in [0, 0.05) is 17.1 Å². The molecular weight excluding hydrogens is 355 g/mol. The molecule has 0 radical (unpaired) electrons. The maximum Gasteiger partial charge on any atom is 0.133 e. The van der Waals surface area contributed by atoms with E-state index in [1.54, 1.807) is 0 Å². The highest BCUT2D eigenvalue weighted by Crippen LogP contribution is 2.38. The van der Waals surface area contributed by atoms with Crippen molar-refractivity contribution in [2.24, 2.45) is 0 Å². The van der Waals surface area contributed by atoms with E-state index in [0.717, 1.165) is 31.0 Å². The van der Waals surface area contributed by atoms with Crippen LogP contribution >= 0.6 is 23.2 Å². The molecule has 0 saturated carbocycles. The van der Waals surface area contributed by atoms with Gasteiger partial charge in [-0.1, -0.05) is 29.6 Å². The summed E-state index contributed by atoms with van der Waals surface area (Å²) in [5.41, 5.74) is 3.42. The van der Waals surface area contributed by atoms with Gasteiger partial charge in [0.1, 0.15) is 5.82 Å². The van der Waals surface area contributed by atoms with Gasteiger partial charge in [0.05, 0.1) is 22.4 Å². The molecule has 25 heavy (non-hydrogen) atoms. The van der Waals surface area contributed by atoms with Crippen molar-refractivity contribution in [2.75, 3.05) is 25.5 Å². The standard InChI is InChI=1S/C19H24Cl2N4/c1-24-11-5-3-7-16(24)18-14-6-2-4-10-22-19(14)25(23-18)17-12-13(20)8-9-15(17)21/h8-9,12,16,22H,2-7,10-11H2,1H3. The molecule has 0 spiro atoms. The van der Waals surface area contributed by atoms with Gasteiger partial charge in [-0.15, -0.1) is 0 Å². The van der Waals surface area contributed by atoms with E-state index < -0.39 is 0 Å². The second-order valence-electron chi connectivity index (χ2n) is 7.10. The molecule has 1 fully saturated rings. The van der Waals surface area contributed by atoms with E-state index in [4.69, 9.17) is 28.3 Å². The lowest BCUT2D eigenvalue weighted by molar-refractivity contribution is 0.182. The zero-order valence-electron chi connectivity index (χ0n) is 14.6. The molecule has 6 heteroatoms. The molecule has 2 aromatic rings. The van der Waals surface area contributed by atoms with Crippen molar-refractivity contribution in [3.05, 3.63) is 39.5 Å². The Bertz CT molecular complexity index is 771. The lowest BCUT2D eigenvalue weighted by atomic mass is 9.96. The predicted octanol–water partition coefficient (Wildman–Crippen LogP) is 5.08. The number of nitrogens with one attached hydrogen (secondary N) is 1. The van der Waals surface area contributed by atoms with Gasteiger partial charge in [0.2, 0.25) is 0 Å². The number of benzene rings is 1. The number of aromatic nitrogens is 2. The highest BCUT2D eigenvalue weighted by Gasteiger charge is 2.30. The first-order valence-electron chi connectivity index (χ1n) is 9.16. The monoisotopic (exact) mass is 378 g/mol. The predicted molar refractivity (Wildman–Crippen MR) is 104 cm³/mol. The zero-order chi connectivity index (χ0) is 17.4. The van der Waals surface area contributed by atoms with Crippen LogP contribution in [-0.4, -0.2) is 34.8 Å². The maximum atomic E-state index is 6.48. The number of piperidine rings is 1. The van der Waals surface area contributed by atoms with Gasteiger partial charge in [-0.2, -0.15) is 5.10 Å². The molecule has 4 nitrogen and oxygen atoms in total. The van der Waals surface area contributed by atoms with Crippen LogP contribution in [0.25, 0.3) is 5.69 Å². The summed E-state index contributed by atoms with van der Waals surface area (Å²) >= 11 is 12.7. The number of likely N-dealkylation sites (tertiary alicyclic amines) is 1.